The summed E-state index contributed by atoms with van der Waals surface area (Å²) in [5, 5.41) is 2.85. The minimum absolute atomic E-state index is 0.00856. The van der Waals surface area contributed by atoms with E-state index in [1.807, 2.05) is 0 Å². The summed E-state index contributed by atoms with van der Waals surface area (Å²) in [6.07, 6.45) is 0.318. The Labute approximate surface area is 118 Å². The molecule has 0 radical (unpaired) electrons. The van der Waals surface area contributed by atoms with Crippen molar-refractivity contribution >= 4 is 17.6 Å². The molecular formula is C14H19N3O3. The summed E-state index contributed by atoms with van der Waals surface area (Å²) in [5.74, 6) is -1.000. The van der Waals surface area contributed by atoms with Gasteiger partial charge in [0.1, 0.15) is 6.17 Å². The molecule has 1 N–H and O–H groups in total. The smallest absolute Gasteiger partial charge is 0.251 e. The molecule has 108 valence electrons. The molecule has 6 nitrogen and oxygen atoms in total. The predicted octanol–water partition coefficient (Wildman–Crippen LogP) is 0.395. The van der Waals surface area contributed by atoms with Crippen molar-refractivity contribution in [3.05, 3.63) is 37.0 Å². The van der Waals surface area contributed by atoms with E-state index in [0.717, 1.165) is 6.08 Å². The molecule has 1 rings (SSSR count). The first-order valence-corrected chi connectivity index (χ1v) is 6.10. The SMILES string of the molecule is C=CC(=O)C1NCN(C(=O)C(=C)C)CN1C(=O)C(=C)C. The van der Waals surface area contributed by atoms with Crippen LogP contribution in [0.2, 0.25) is 0 Å². The molecule has 1 aliphatic rings. The van der Waals surface area contributed by atoms with Crippen LogP contribution >= 0.6 is 0 Å². The number of hydrogen-bond acceptors (Lipinski definition) is 4. The first-order valence-electron chi connectivity index (χ1n) is 6.10. The molecule has 1 unspecified atom stereocenters. The second-order valence-corrected chi connectivity index (χ2v) is 4.69. The van der Waals surface area contributed by atoms with Gasteiger partial charge in [-0.25, -0.2) is 0 Å². The van der Waals surface area contributed by atoms with Crippen molar-refractivity contribution in [3.63, 3.8) is 0 Å². The zero-order valence-corrected chi connectivity index (χ0v) is 11.8. The molecule has 6 heteroatoms. The van der Waals surface area contributed by atoms with E-state index in [-0.39, 0.29) is 25.0 Å². The quantitative estimate of drug-likeness (QED) is 0.755. The molecule has 0 aliphatic carbocycles. The molecule has 20 heavy (non-hydrogen) atoms. The van der Waals surface area contributed by atoms with Gasteiger partial charge in [-0.1, -0.05) is 19.7 Å². The highest BCUT2D eigenvalue weighted by Crippen LogP contribution is 2.13. The maximum atomic E-state index is 12.1. The van der Waals surface area contributed by atoms with Crippen molar-refractivity contribution < 1.29 is 14.4 Å². The summed E-state index contributed by atoms with van der Waals surface area (Å²) < 4.78 is 0. The van der Waals surface area contributed by atoms with Gasteiger partial charge < -0.3 is 4.90 Å². The molecule has 0 saturated carbocycles. The second-order valence-electron chi connectivity index (χ2n) is 4.69. The molecular weight excluding hydrogens is 258 g/mol. The van der Waals surface area contributed by atoms with Gasteiger partial charge in [0.15, 0.2) is 5.78 Å². The highest BCUT2D eigenvalue weighted by molar-refractivity contribution is 6.00. The third kappa shape index (κ3) is 3.21. The minimum atomic E-state index is -0.828. The number of nitrogens with one attached hydrogen (secondary N) is 1. The van der Waals surface area contributed by atoms with Crippen LogP contribution in [0.25, 0.3) is 0 Å². The van der Waals surface area contributed by atoms with Crippen molar-refractivity contribution in [1.82, 2.24) is 15.1 Å². The zero-order chi connectivity index (χ0) is 15.4. The lowest BCUT2D eigenvalue weighted by molar-refractivity contribution is -0.148. The number of hydrogen-bond donors (Lipinski definition) is 1. The van der Waals surface area contributed by atoms with E-state index >= 15 is 0 Å². The van der Waals surface area contributed by atoms with Crippen LogP contribution in [0.1, 0.15) is 13.8 Å². The van der Waals surface area contributed by atoms with Crippen LogP contribution in [0.5, 0.6) is 0 Å². The molecule has 1 aliphatic heterocycles. The highest BCUT2D eigenvalue weighted by Gasteiger charge is 2.35. The number of amides is 2. The number of carbonyl (C=O) groups is 3. The van der Waals surface area contributed by atoms with Gasteiger partial charge in [-0.3, -0.25) is 24.6 Å². The fraction of sp³-hybridized carbons (Fsp3) is 0.357. The van der Waals surface area contributed by atoms with Gasteiger partial charge in [0.25, 0.3) is 11.8 Å². The molecule has 1 heterocycles. The maximum Gasteiger partial charge on any atom is 0.251 e. The lowest BCUT2D eigenvalue weighted by atomic mass is 10.2. The average Bonchev–Trinajstić information content (AvgIpc) is 2.43. The Bertz CT molecular complexity index is 496. The minimum Gasteiger partial charge on any atom is -0.308 e. The van der Waals surface area contributed by atoms with Gasteiger partial charge in [-0.2, -0.15) is 0 Å². The van der Waals surface area contributed by atoms with Crippen LogP contribution in [0, 0.1) is 0 Å². The molecule has 0 spiro atoms. The molecule has 0 aromatic rings. The Morgan fingerprint density at radius 3 is 2.15 bits per heavy atom. The molecule has 0 bridgehead atoms. The molecule has 1 saturated heterocycles. The summed E-state index contributed by atoms with van der Waals surface area (Å²) in [7, 11) is 0. The summed E-state index contributed by atoms with van der Waals surface area (Å²) in [4.78, 5) is 38.5. The third-order valence-electron chi connectivity index (χ3n) is 2.86. The van der Waals surface area contributed by atoms with E-state index in [0.29, 0.717) is 11.1 Å². The average molecular weight is 277 g/mol. The first-order chi connectivity index (χ1) is 9.29. The van der Waals surface area contributed by atoms with Crippen molar-refractivity contribution in [3.8, 4) is 0 Å². The highest BCUT2D eigenvalue weighted by atomic mass is 16.2. The van der Waals surface area contributed by atoms with Crippen molar-refractivity contribution in [2.45, 2.75) is 20.0 Å². The van der Waals surface area contributed by atoms with Crippen LogP contribution in [0.15, 0.2) is 37.0 Å². The summed E-state index contributed by atoms with van der Waals surface area (Å²) in [6.45, 7) is 13.9. The molecule has 1 atom stereocenters. The summed E-state index contributed by atoms with van der Waals surface area (Å²) in [5.41, 5.74) is 0.654. The lowest BCUT2D eigenvalue weighted by Gasteiger charge is -2.41. The van der Waals surface area contributed by atoms with E-state index in [2.05, 4.69) is 25.1 Å². The number of nitrogens with zero attached hydrogens (tertiary/aromatic N) is 2. The van der Waals surface area contributed by atoms with E-state index in [1.54, 1.807) is 13.8 Å². The largest absolute Gasteiger partial charge is 0.308 e. The molecule has 2 amide bonds. The Kier molecular flexibility index (Phi) is 4.99. The van der Waals surface area contributed by atoms with Gasteiger partial charge in [0.05, 0.1) is 13.3 Å². The Hall–Kier alpha value is -2.21. The van der Waals surface area contributed by atoms with Gasteiger partial charge in [-0.15, -0.1) is 0 Å². The number of rotatable bonds is 4. The van der Waals surface area contributed by atoms with E-state index < -0.39 is 12.1 Å². The van der Waals surface area contributed by atoms with Crippen molar-refractivity contribution in [1.29, 1.82) is 0 Å². The Morgan fingerprint density at radius 1 is 1.15 bits per heavy atom. The van der Waals surface area contributed by atoms with Gasteiger partial charge in [-0.05, 0) is 19.9 Å². The van der Waals surface area contributed by atoms with Crippen LogP contribution in [-0.4, -0.2) is 46.9 Å². The summed E-state index contributed by atoms with van der Waals surface area (Å²) in [6, 6.07) is 0. The number of ketones is 1. The van der Waals surface area contributed by atoms with E-state index in [1.165, 1.54) is 9.80 Å². The Balaban J connectivity index is 3.00. The van der Waals surface area contributed by atoms with Crippen molar-refractivity contribution in [2.24, 2.45) is 0 Å². The number of carbonyl (C=O) groups excluding carboxylic acids is 3. The molecule has 0 aromatic heterocycles. The normalized spacial score (nSPS) is 18.4. The van der Waals surface area contributed by atoms with Crippen LogP contribution in [0.3, 0.4) is 0 Å². The van der Waals surface area contributed by atoms with E-state index in [4.69, 9.17) is 0 Å². The molecule has 1 fully saturated rings. The Morgan fingerprint density at radius 2 is 1.70 bits per heavy atom. The van der Waals surface area contributed by atoms with Gasteiger partial charge >= 0.3 is 0 Å². The maximum absolute atomic E-state index is 12.1. The first kappa shape index (κ1) is 15.8. The van der Waals surface area contributed by atoms with Crippen molar-refractivity contribution in [2.75, 3.05) is 13.3 Å². The second kappa shape index (κ2) is 6.29. The fourth-order valence-electron chi connectivity index (χ4n) is 1.82. The van der Waals surface area contributed by atoms with Crippen LogP contribution < -0.4 is 5.32 Å². The molecule has 0 aromatic carbocycles. The zero-order valence-electron chi connectivity index (χ0n) is 11.8. The topological polar surface area (TPSA) is 69.7 Å². The van der Waals surface area contributed by atoms with Gasteiger partial charge in [0.2, 0.25) is 0 Å². The van der Waals surface area contributed by atoms with Crippen LogP contribution in [-0.2, 0) is 14.4 Å². The van der Waals surface area contributed by atoms with Crippen LogP contribution in [0.4, 0.5) is 0 Å². The monoisotopic (exact) mass is 277 g/mol. The predicted molar refractivity (Wildman–Crippen MR) is 75.2 cm³/mol. The summed E-state index contributed by atoms with van der Waals surface area (Å²) >= 11 is 0. The standard InChI is InChI=1S/C14H19N3O3/c1-6-11(18)12-15-7-16(13(19)9(2)3)8-17(12)14(20)10(4)5/h6,12,15H,1-2,4,7-8H2,3,5H3. The van der Waals surface area contributed by atoms with Gasteiger partial charge in [0, 0.05) is 11.1 Å². The third-order valence-corrected chi connectivity index (χ3v) is 2.86. The fourth-order valence-corrected chi connectivity index (χ4v) is 1.82. The lowest BCUT2D eigenvalue weighted by Crippen LogP contribution is -2.64. The van der Waals surface area contributed by atoms with E-state index in [9.17, 15) is 14.4 Å².